The van der Waals surface area contributed by atoms with Crippen molar-refractivity contribution in [3.8, 4) is 17.6 Å². The van der Waals surface area contributed by atoms with Crippen molar-refractivity contribution in [1.82, 2.24) is 4.57 Å². The first-order chi connectivity index (χ1) is 16.7. The van der Waals surface area contributed by atoms with Crippen LogP contribution in [0.25, 0.3) is 5.82 Å². The summed E-state index contributed by atoms with van der Waals surface area (Å²) in [4.78, 5) is 15.5. The molecule has 2 aromatic carbocycles. The molecule has 0 bridgehead atoms. The molecular weight excluding hydrogens is 450 g/mol. The van der Waals surface area contributed by atoms with Crippen LogP contribution in [0.4, 0.5) is 5.69 Å². The Morgan fingerprint density at radius 1 is 1.00 bits per heavy atom. The molecule has 3 aromatic rings. The lowest BCUT2D eigenvalue weighted by molar-refractivity contribution is -0.116. The molecule has 0 N–H and O–H groups in total. The van der Waals surface area contributed by atoms with Crippen molar-refractivity contribution in [3.05, 3.63) is 94.4 Å². The minimum atomic E-state index is -0.505. The summed E-state index contributed by atoms with van der Waals surface area (Å²) in [5, 5.41) is 11.1. The van der Waals surface area contributed by atoms with Crippen LogP contribution in [0, 0.1) is 11.3 Å². The third-order valence-corrected chi connectivity index (χ3v) is 6.73. The van der Waals surface area contributed by atoms with Crippen molar-refractivity contribution >= 4 is 28.9 Å². The van der Waals surface area contributed by atoms with Crippen LogP contribution in [0.5, 0.6) is 11.5 Å². The highest BCUT2D eigenvalue weighted by molar-refractivity contribution is 6.30. The van der Waals surface area contributed by atoms with E-state index in [1.54, 1.807) is 0 Å². The molecule has 1 atom stereocenters. The number of ketones is 1. The number of halogens is 1. The average molecular weight is 470 g/mol. The molecule has 0 saturated carbocycles. The number of benzene rings is 2. The minimum Gasteiger partial charge on any atom is -0.454 e. The molecule has 1 aromatic heterocycles. The van der Waals surface area contributed by atoms with Gasteiger partial charge in [-0.2, -0.15) is 5.26 Å². The normalized spacial score (nSPS) is 19.4. The second kappa shape index (κ2) is 8.12. The quantitative estimate of drug-likeness (QED) is 0.479. The number of rotatable bonds is 3. The van der Waals surface area contributed by atoms with Gasteiger partial charge in [-0.15, -0.1) is 0 Å². The third-order valence-electron chi connectivity index (χ3n) is 6.49. The SMILES string of the molecule is N#CC1=C(n2cccc2)N(c2cccc(Cl)c2)C2=C(C(=O)CCC2)[C@@H]1c1ccc2c(c1)OCO2. The zero-order chi connectivity index (χ0) is 23.2. The summed E-state index contributed by atoms with van der Waals surface area (Å²) in [6.45, 7) is 0.161. The number of carbonyl (C=O) groups excluding carboxylic acids is 1. The first-order valence-electron chi connectivity index (χ1n) is 11.1. The van der Waals surface area contributed by atoms with Crippen molar-refractivity contribution in [3.63, 3.8) is 0 Å². The number of aromatic nitrogens is 1. The molecule has 2 aliphatic heterocycles. The van der Waals surface area contributed by atoms with Gasteiger partial charge in [-0.3, -0.25) is 9.69 Å². The van der Waals surface area contributed by atoms with Gasteiger partial charge >= 0.3 is 0 Å². The average Bonchev–Trinajstić information content (AvgIpc) is 3.54. The summed E-state index contributed by atoms with van der Waals surface area (Å²) >= 11 is 6.37. The molecule has 3 heterocycles. The molecule has 0 amide bonds. The molecule has 0 spiro atoms. The van der Waals surface area contributed by atoms with Gasteiger partial charge < -0.3 is 14.0 Å². The Morgan fingerprint density at radius 2 is 1.82 bits per heavy atom. The molecule has 7 heteroatoms. The Bertz CT molecular complexity index is 1420. The zero-order valence-electron chi connectivity index (χ0n) is 18.2. The van der Waals surface area contributed by atoms with E-state index in [1.807, 2.05) is 76.5 Å². The number of hydrogen-bond acceptors (Lipinski definition) is 5. The number of nitriles is 1. The summed E-state index contributed by atoms with van der Waals surface area (Å²) in [7, 11) is 0. The van der Waals surface area contributed by atoms with Crippen molar-refractivity contribution < 1.29 is 14.3 Å². The van der Waals surface area contributed by atoms with Crippen molar-refractivity contribution in [2.24, 2.45) is 0 Å². The third kappa shape index (κ3) is 3.20. The van der Waals surface area contributed by atoms with Gasteiger partial charge in [0.1, 0.15) is 5.82 Å². The molecule has 1 aliphatic carbocycles. The lowest BCUT2D eigenvalue weighted by atomic mass is 9.75. The van der Waals surface area contributed by atoms with Gasteiger partial charge in [-0.25, -0.2) is 0 Å². The number of carbonyl (C=O) groups is 1. The fourth-order valence-electron chi connectivity index (χ4n) is 5.09. The largest absolute Gasteiger partial charge is 0.454 e. The monoisotopic (exact) mass is 469 g/mol. The van der Waals surface area contributed by atoms with Gasteiger partial charge in [0.25, 0.3) is 0 Å². The van der Waals surface area contributed by atoms with Gasteiger partial charge in [0.05, 0.1) is 17.6 Å². The van der Waals surface area contributed by atoms with Gasteiger partial charge in [-0.05, 0) is 60.9 Å². The molecule has 3 aliphatic rings. The summed E-state index contributed by atoms with van der Waals surface area (Å²) in [6, 6.07) is 19.5. The molecule has 6 rings (SSSR count). The number of ether oxygens (including phenoxy) is 2. The Balaban J connectivity index is 1.65. The topological polar surface area (TPSA) is 67.5 Å². The van der Waals surface area contributed by atoms with Crippen LogP contribution < -0.4 is 14.4 Å². The number of anilines is 1. The first-order valence-corrected chi connectivity index (χ1v) is 11.5. The predicted octanol–water partition coefficient (Wildman–Crippen LogP) is 5.87. The van der Waals surface area contributed by atoms with Crippen LogP contribution >= 0.6 is 11.6 Å². The highest BCUT2D eigenvalue weighted by atomic mass is 35.5. The summed E-state index contributed by atoms with van der Waals surface area (Å²) in [5.74, 6) is 1.55. The van der Waals surface area contributed by atoms with E-state index in [0.29, 0.717) is 39.9 Å². The van der Waals surface area contributed by atoms with Crippen LogP contribution in [0.2, 0.25) is 5.02 Å². The van der Waals surface area contributed by atoms with E-state index in [0.717, 1.165) is 29.8 Å². The van der Waals surface area contributed by atoms with E-state index >= 15 is 0 Å². The maximum absolute atomic E-state index is 13.4. The molecule has 0 unspecified atom stereocenters. The number of fused-ring (bicyclic) bond motifs is 1. The van der Waals surface area contributed by atoms with Gasteiger partial charge in [0.15, 0.2) is 17.3 Å². The Kier molecular flexibility index (Phi) is 4.93. The molecule has 6 nitrogen and oxygen atoms in total. The number of nitrogens with zero attached hydrogens (tertiary/aromatic N) is 3. The summed E-state index contributed by atoms with van der Waals surface area (Å²) in [5.41, 5.74) is 3.71. The Hall–Kier alpha value is -3.95. The van der Waals surface area contributed by atoms with Crippen molar-refractivity contribution in [2.45, 2.75) is 25.2 Å². The molecule has 0 radical (unpaired) electrons. The van der Waals surface area contributed by atoms with Crippen LogP contribution in [0.15, 0.2) is 83.8 Å². The van der Waals surface area contributed by atoms with E-state index in [-0.39, 0.29) is 12.6 Å². The van der Waals surface area contributed by atoms with E-state index in [4.69, 9.17) is 21.1 Å². The number of hydrogen-bond donors (Lipinski definition) is 0. The molecule has 34 heavy (non-hydrogen) atoms. The lowest BCUT2D eigenvalue weighted by Crippen LogP contribution is -2.36. The van der Waals surface area contributed by atoms with Gasteiger partial charge in [0, 0.05) is 40.8 Å². The maximum atomic E-state index is 13.4. The number of Topliss-reactive ketones (excluding diaryl/α,β-unsaturated/α-hetero) is 1. The maximum Gasteiger partial charge on any atom is 0.231 e. The molecular formula is C27H20ClN3O3. The predicted molar refractivity (Wildman–Crippen MR) is 128 cm³/mol. The van der Waals surface area contributed by atoms with E-state index < -0.39 is 5.92 Å². The smallest absolute Gasteiger partial charge is 0.231 e. The lowest BCUT2D eigenvalue weighted by Gasteiger charge is -2.41. The second-order valence-electron chi connectivity index (χ2n) is 8.44. The molecule has 0 fully saturated rings. The number of allylic oxidation sites excluding steroid dienone is 3. The van der Waals surface area contributed by atoms with Crippen molar-refractivity contribution in [2.75, 3.05) is 11.7 Å². The van der Waals surface area contributed by atoms with Crippen LogP contribution in [-0.2, 0) is 4.79 Å². The fraction of sp³-hybridized carbons (Fsp3) is 0.185. The zero-order valence-corrected chi connectivity index (χ0v) is 19.0. The minimum absolute atomic E-state index is 0.0650. The van der Waals surface area contributed by atoms with Crippen LogP contribution in [-0.4, -0.2) is 17.1 Å². The first kappa shape index (κ1) is 20.6. The van der Waals surface area contributed by atoms with Gasteiger partial charge in [0.2, 0.25) is 6.79 Å². The fourth-order valence-corrected chi connectivity index (χ4v) is 5.28. The summed E-state index contributed by atoms with van der Waals surface area (Å²) < 4.78 is 13.0. The molecule has 168 valence electrons. The van der Waals surface area contributed by atoms with Crippen LogP contribution in [0.1, 0.15) is 30.7 Å². The van der Waals surface area contributed by atoms with E-state index in [1.165, 1.54) is 0 Å². The highest BCUT2D eigenvalue weighted by Crippen LogP contribution is 2.50. The Morgan fingerprint density at radius 3 is 2.62 bits per heavy atom. The Labute approximate surface area is 201 Å². The van der Waals surface area contributed by atoms with E-state index in [2.05, 4.69) is 6.07 Å². The highest BCUT2D eigenvalue weighted by Gasteiger charge is 2.42. The summed E-state index contributed by atoms with van der Waals surface area (Å²) in [6.07, 6.45) is 5.76. The second-order valence-corrected chi connectivity index (χ2v) is 8.87. The van der Waals surface area contributed by atoms with E-state index in [9.17, 15) is 10.1 Å². The molecule has 0 saturated heterocycles. The van der Waals surface area contributed by atoms with Crippen molar-refractivity contribution in [1.29, 1.82) is 5.26 Å². The van der Waals surface area contributed by atoms with Gasteiger partial charge in [-0.1, -0.05) is 23.7 Å². The standard InChI is InChI=1S/C27H20ClN3O3/c28-18-5-3-6-19(14-18)31-21-7-4-8-22(32)26(21)25(17-9-10-23-24(13-17)34-16-33-23)20(15-29)27(31)30-11-1-2-12-30/h1-3,5-6,9-14,25H,4,7-8,16H2/t25-/m1/s1. The van der Waals surface area contributed by atoms with Crippen LogP contribution in [0.3, 0.4) is 0 Å².